The highest BCUT2D eigenvalue weighted by atomic mass is 79.9. The highest BCUT2D eigenvalue weighted by Gasteiger charge is 2.16. The Hall–Kier alpha value is -0.740. The van der Waals surface area contributed by atoms with Crippen LogP contribution in [0, 0.1) is 0 Å². The first-order chi connectivity index (χ1) is 6.07. The van der Waals surface area contributed by atoms with Gasteiger partial charge in [-0.05, 0) is 28.1 Å². The van der Waals surface area contributed by atoms with E-state index in [1.54, 1.807) is 12.1 Å². The van der Waals surface area contributed by atoms with Gasteiger partial charge in [-0.25, -0.2) is 4.79 Å². The third-order valence-corrected chi connectivity index (χ3v) is 2.58. The molecule has 0 atom stereocenters. The van der Waals surface area contributed by atoms with E-state index in [-0.39, 0.29) is 10.6 Å². The molecule has 0 aliphatic carbocycles. The molecule has 1 rings (SSSR count). The number of hydrogen-bond donors (Lipinski definition) is 1. The first-order valence-electron chi connectivity index (χ1n) is 3.39. The number of esters is 1. The van der Waals surface area contributed by atoms with Gasteiger partial charge in [0.25, 0.3) is 0 Å². The average Bonchev–Trinajstić information content (AvgIpc) is 2.12. The lowest BCUT2D eigenvalue weighted by Gasteiger charge is -2.06. The molecule has 0 spiro atoms. The summed E-state index contributed by atoms with van der Waals surface area (Å²) in [7, 11) is 1.29. The van der Waals surface area contributed by atoms with Crippen LogP contribution >= 0.6 is 27.5 Å². The molecule has 0 saturated carbocycles. The van der Waals surface area contributed by atoms with E-state index in [2.05, 4.69) is 20.7 Å². The van der Waals surface area contributed by atoms with Crippen LogP contribution in [0.3, 0.4) is 0 Å². The van der Waals surface area contributed by atoms with E-state index in [1.165, 1.54) is 7.11 Å². The molecule has 5 heteroatoms. The maximum Gasteiger partial charge on any atom is 0.340 e. The van der Waals surface area contributed by atoms with Crippen molar-refractivity contribution in [3.8, 4) is 0 Å². The summed E-state index contributed by atoms with van der Waals surface area (Å²) in [6.07, 6.45) is 0. The van der Waals surface area contributed by atoms with E-state index < -0.39 is 5.97 Å². The zero-order valence-electron chi connectivity index (χ0n) is 6.80. The number of nitrogen functional groups attached to an aromatic ring is 1. The molecule has 0 unspecified atom stereocenters. The second-order valence-corrected chi connectivity index (χ2v) is 3.55. The van der Waals surface area contributed by atoms with Crippen molar-refractivity contribution in [2.75, 3.05) is 12.8 Å². The Morgan fingerprint density at radius 2 is 2.23 bits per heavy atom. The minimum Gasteiger partial charge on any atom is -0.465 e. The molecule has 0 fully saturated rings. The quantitative estimate of drug-likeness (QED) is 0.626. The molecule has 0 aliphatic heterocycles. The van der Waals surface area contributed by atoms with Crippen molar-refractivity contribution in [2.24, 2.45) is 0 Å². The Morgan fingerprint density at radius 1 is 1.62 bits per heavy atom. The molecule has 0 amide bonds. The highest BCUT2D eigenvalue weighted by Crippen LogP contribution is 2.30. The first-order valence-corrected chi connectivity index (χ1v) is 4.56. The van der Waals surface area contributed by atoms with Gasteiger partial charge in [0.2, 0.25) is 0 Å². The van der Waals surface area contributed by atoms with E-state index >= 15 is 0 Å². The van der Waals surface area contributed by atoms with Crippen LogP contribution in [0.1, 0.15) is 10.4 Å². The van der Waals surface area contributed by atoms with E-state index in [0.717, 1.165) is 0 Å². The number of hydrogen-bond acceptors (Lipinski definition) is 3. The predicted molar refractivity (Wildman–Crippen MR) is 54.9 cm³/mol. The normalized spacial score (nSPS) is 9.77. The Morgan fingerprint density at radius 3 is 2.77 bits per heavy atom. The van der Waals surface area contributed by atoms with Gasteiger partial charge in [-0.3, -0.25) is 0 Å². The minimum absolute atomic E-state index is 0.209. The summed E-state index contributed by atoms with van der Waals surface area (Å²) < 4.78 is 5.11. The van der Waals surface area contributed by atoms with E-state index in [9.17, 15) is 4.79 Å². The van der Waals surface area contributed by atoms with Crippen molar-refractivity contribution in [3.63, 3.8) is 0 Å². The zero-order chi connectivity index (χ0) is 10.0. The van der Waals surface area contributed by atoms with Crippen molar-refractivity contribution >= 4 is 39.2 Å². The Bertz CT molecular complexity index is 354. The van der Waals surface area contributed by atoms with Crippen molar-refractivity contribution in [2.45, 2.75) is 0 Å². The third-order valence-electron chi connectivity index (χ3n) is 1.51. The van der Waals surface area contributed by atoms with Crippen molar-refractivity contribution < 1.29 is 9.53 Å². The van der Waals surface area contributed by atoms with Gasteiger partial charge in [-0.1, -0.05) is 11.6 Å². The number of benzene rings is 1. The number of carbonyl (C=O) groups is 1. The van der Waals surface area contributed by atoms with Crippen LogP contribution in [0.4, 0.5) is 5.69 Å². The Labute approximate surface area is 88.9 Å². The van der Waals surface area contributed by atoms with E-state index in [1.807, 2.05) is 0 Å². The number of halogens is 2. The molecule has 0 aliphatic rings. The lowest BCUT2D eigenvalue weighted by molar-refractivity contribution is 0.0600. The molecule has 0 radical (unpaired) electrons. The molecule has 2 N–H and O–H groups in total. The fraction of sp³-hybridized carbons (Fsp3) is 0.125. The fourth-order valence-corrected chi connectivity index (χ4v) is 1.71. The van der Waals surface area contributed by atoms with Gasteiger partial charge >= 0.3 is 5.97 Å². The second kappa shape index (κ2) is 3.98. The number of rotatable bonds is 1. The summed E-state index contributed by atoms with van der Waals surface area (Å²) in [6.45, 7) is 0. The number of methoxy groups -OCH3 is 1. The van der Waals surface area contributed by atoms with Gasteiger partial charge in [-0.2, -0.15) is 0 Å². The van der Waals surface area contributed by atoms with E-state index in [4.69, 9.17) is 17.3 Å². The SMILES string of the molecule is COC(=O)c1c(Br)ccc(N)c1Cl. The molecule has 0 bridgehead atoms. The molecule has 0 heterocycles. The second-order valence-electron chi connectivity index (χ2n) is 2.32. The van der Waals surface area contributed by atoms with Crippen LogP contribution in [0.25, 0.3) is 0 Å². The lowest BCUT2D eigenvalue weighted by Crippen LogP contribution is -2.04. The number of anilines is 1. The van der Waals surface area contributed by atoms with Crippen LogP contribution in [0.2, 0.25) is 5.02 Å². The van der Waals surface area contributed by atoms with Gasteiger partial charge in [-0.15, -0.1) is 0 Å². The smallest absolute Gasteiger partial charge is 0.340 e. The monoisotopic (exact) mass is 263 g/mol. The summed E-state index contributed by atoms with van der Waals surface area (Å²) in [5.74, 6) is -0.510. The highest BCUT2D eigenvalue weighted by molar-refractivity contribution is 9.10. The third kappa shape index (κ3) is 1.95. The molecular formula is C8H7BrClNO2. The maximum absolute atomic E-state index is 11.2. The van der Waals surface area contributed by atoms with Crippen LogP contribution in [0.15, 0.2) is 16.6 Å². The summed E-state index contributed by atoms with van der Waals surface area (Å²) in [6, 6.07) is 3.26. The van der Waals surface area contributed by atoms with Crippen molar-refractivity contribution in [3.05, 3.63) is 27.2 Å². The van der Waals surface area contributed by atoms with Crippen molar-refractivity contribution in [1.29, 1.82) is 0 Å². The van der Waals surface area contributed by atoms with Gasteiger partial charge in [0, 0.05) is 4.47 Å². The van der Waals surface area contributed by atoms with Crippen LogP contribution in [0.5, 0.6) is 0 Å². The predicted octanol–water partition coefficient (Wildman–Crippen LogP) is 2.47. The average molecular weight is 265 g/mol. The molecule has 0 saturated heterocycles. The molecule has 3 nitrogen and oxygen atoms in total. The molecular weight excluding hydrogens is 257 g/mol. The largest absolute Gasteiger partial charge is 0.465 e. The Kier molecular flexibility index (Phi) is 3.17. The van der Waals surface area contributed by atoms with Crippen LogP contribution in [-0.2, 0) is 4.74 Å². The summed E-state index contributed by atoms with van der Waals surface area (Å²) in [5.41, 5.74) is 6.13. The van der Waals surface area contributed by atoms with Gasteiger partial charge in [0.05, 0.1) is 23.4 Å². The summed E-state index contributed by atoms with van der Waals surface area (Å²) in [5, 5.41) is 0.209. The fourth-order valence-electron chi connectivity index (χ4n) is 0.858. The van der Waals surface area contributed by atoms with Crippen LogP contribution in [-0.4, -0.2) is 13.1 Å². The van der Waals surface area contributed by atoms with Gasteiger partial charge in [0.15, 0.2) is 0 Å². The topological polar surface area (TPSA) is 52.3 Å². The number of ether oxygens (including phenoxy) is 1. The molecule has 1 aromatic rings. The molecule has 1 aromatic carbocycles. The standard InChI is InChI=1S/C8H7BrClNO2/c1-13-8(12)6-4(9)2-3-5(11)7(6)10/h2-3H,11H2,1H3. The summed E-state index contributed by atoms with van der Waals surface area (Å²) in [4.78, 5) is 11.2. The van der Waals surface area contributed by atoms with Crippen LogP contribution < -0.4 is 5.73 Å². The lowest BCUT2D eigenvalue weighted by atomic mass is 10.2. The maximum atomic E-state index is 11.2. The van der Waals surface area contributed by atoms with Crippen molar-refractivity contribution in [1.82, 2.24) is 0 Å². The number of nitrogens with two attached hydrogens (primary N) is 1. The van der Waals surface area contributed by atoms with E-state index in [0.29, 0.717) is 10.2 Å². The van der Waals surface area contributed by atoms with Gasteiger partial charge < -0.3 is 10.5 Å². The Balaban J connectivity index is 3.33. The molecule has 13 heavy (non-hydrogen) atoms. The zero-order valence-corrected chi connectivity index (χ0v) is 9.15. The number of carbonyl (C=O) groups excluding carboxylic acids is 1. The summed E-state index contributed by atoms with van der Waals surface area (Å²) >= 11 is 9.00. The first kappa shape index (κ1) is 10.3. The van der Waals surface area contributed by atoms with Gasteiger partial charge in [0.1, 0.15) is 0 Å². The minimum atomic E-state index is -0.510. The molecule has 0 aromatic heterocycles. The molecule has 70 valence electrons.